The van der Waals surface area contributed by atoms with Crippen molar-refractivity contribution in [3.63, 3.8) is 0 Å². The molecule has 4 rings (SSSR count). The van der Waals surface area contributed by atoms with Gasteiger partial charge in [-0.2, -0.15) is 5.10 Å². The van der Waals surface area contributed by atoms with Crippen LogP contribution in [0.4, 0.5) is 0 Å². The molecule has 0 bridgehead atoms. The van der Waals surface area contributed by atoms with Crippen LogP contribution in [0.25, 0.3) is 5.69 Å². The molecule has 1 aromatic carbocycles. The maximum Gasteiger partial charge on any atom is 0.193 e. The molecule has 2 aliphatic rings. The number of guanidine groups is 1. The van der Waals surface area contributed by atoms with Gasteiger partial charge in [-0.1, -0.05) is 24.3 Å². The Bertz CT molecular complexity index is 779. The molecule has 2 aliphatic heterocycles. The van der Waals surface area contributed by atoms with E-state index in [0.717, 1.165) is 44.4 Å². The van der Waals surface area contributed by atoms with Gasteiger partial charge in [0.2, 0.25) is 0 Å². The summed E-state index contributed by atoms with van der Waals surface area (Å²) in [6.07, 6.45) is 8.98. The predicted octanol–water partition coefficient (Wildman–Crippen LogP) is 1.91. The second-order valence-corrected chi connectivity index (χ2v) is 6.72. The van der Waals surface area contributed by atoms with E-state index in [0.29, 0.717) is 6.04 Å². The van der Waals surface area contributed by atoms with Gasteiger partial charge in [-0.25, -0.2) is 9.67 Å². The lowest BCUT2D eigenvalue weighted by Crippen LogP contribution is -2.42. The van der Waals surface area contributed by atoms with Crippen LogP contribution in [0.1, 0.15) is 12.0 Å². The summed E-state index contributed by atoms with van der Waals surface area (Å²) in [5, 5.41) is 7.70. The summed E-state index contributed by atoms with van der Waals surface area (Å²) in [4.78, 5) is 13.4. The van der Waals surface area contributed by atoms with Crippen molar-refractivity contribution in [3.05, 3.63) is 54.6 Å². The normalized spacial score (nSPS) is 20.1. The zero-order valence-corrected chi connectivity index (χ0v) is 17.9. The molecule has 0 spiro atoms. The maximum absolute atomic E-state index is 4.49. The zero-order valence-electron chi connectivity index (χ0n) is 15.5. The van der Waals surface area contributed by atoms with Crippen LogP contribution in [0, 0.1) is 0 Å². The van der Waals surface area contributed by atoms with Crippen molar-refractivity contribution in [2.24, 2.45) is 4.99 Å². The van der Waals surface area contributed by atoms with Crippen LogP contribution in [-0.2, 0) is 6.54 Å². The fraction of sp³-hybridized carbons (Fsp3) is 0.421. The number of aliphatic imine (C=N–C) groups is 1. The second kappa shape index (κ2) is 9.32. The molecule has 1 aromatic heterocycles. The van der Waals surface area contributed by atoms with Gasteiger partial charge in [0.15, 0.2) is 5.96 Å². The van der Waals surface area contributed by atoms with E-state index >= 15 is 0 Å². The lowest BCUT2D eigenvalue weighted by molar-refractivity contribution is 0.259. The van der Waals surface area contributed by atoms with Gasteiger partial charge in [0.1, 0.15) is 12.7 Å². The first-order valence-corrected chi connectivity index (χ1v) is 9.12. The summed E-state index contributed by atoms with van der Waals surface area (Å²) in [5.74, 6) is 0.978. The second-order valence-electron chi connectivity index (χ2n) is 6.72. The van der Waals surface area contributed by atoms with Crippen LogP contribution in [0.5, 0.6) is 0 Å². The summed E-state index contributed by atoms with van der Waals surface area (Å²) in [5.41, 5.74) is 2.21. The van der Waals surface area contributed by atoms with Crippen molar-refractivity contribution in [2.45, 2.75) is 19.0 Å². The molecular formula is C19H26IN7. The fourth-order valence-electron chi connectivity index (χ4n) is 3.69. The zero-order chi connectivity index (χ0) is 17.8. The third kappa shape index (κ3) is 4.67. The molecule has 2 aromatic rings. The van der Waals surface area contributed by atoms with E-state index in [4.69, 9.17) is 0 Å². The number of nitrogens with one attached hydrogen (secondary N) is 1. The molecule has 0 radical (unpaired) electrons. The summed E-state index contributed by atoms with van der Waals surface area (Å²) >= 11 is 0. The minimum Gasteiger partial charge on any atom is -0.352 e. The molecular weight excluding hydrogens is 453 g/mol. The van der Waals surface area contributed by atoms with Crippen molar-refractivity contribution in [2.75, 3.05) is 33.2 Å². The number of hydrogen-bond donors (Lipinski definition) is 1. The lowest BCUT2D eigenvalue weighted by atomic mass is 10.2. The van der Waals surface area contributed by atoms with E-state index in [9.17, 15) is 0 Å². The molecule has 1 saturated heterocycles. The van der Waals surface area contributed by atoms with Gasteiger partial charge in [-0.3, -0.25) is 9.89 Å². The molecule has 27 heavy (non-hydrogen) atoms. The quantitative estimate of drug-likeness (QED) is 0.314. The molecule has 1 atom stereocenters. The fourth-order valence-corrected chi connectivity index (χ4v) is 3.69. The Morgan fingerprint density at radius 1 is 1.30 bits per heavy atom. The standard InChI is InChI=1S/C19H25N7.HI/c1-20-19(25-10-7-18(13-25)24-8-2-3-9-24)22-12-16-5-4-6-17(11-16)26-15-21-14-23-26;/h2-6,11,14-15,18H,7-10,12-13H2,1H3,(H,20,22);1H. The smallest absolute Gasteiger partial charge is 0.193 e. The Kier molecular flexibility index (Phi) is 6.84. The molecule has 0 saturated carbocycles. The number of halogens is 1. The van der Waals surface area contributed by atoms with Gasteiger partial charge >= 0.3 is 0 Å². The van der Waals surface area contributed by atoms with Crippen LogP contribution in [-0.4, -0.2) is 69.8 Å². The molecule has 7 nitrogen and oxygen atoms in total. The van der Waals surface area contributed by atoms with E-state index in [1.165, 1.54) is 12.0 Å². The third-order valence-corrected chi connectivity index (χ3v) is 5.08. The number of benzene rings is 1. The SMILES string of the molecule is CN=C(NCc1cccc(-n2cncn2)c1)N1CCC(N2CC=CC2)C1.I. The highest BCUT2D eigenvalue weighted by Crippen LogP contribution is 2.18. The van der Waals surface area contributed by atoms with Crippen molar-refractivity contribution < 1.29 is 0 Å². The maximum atomic E-state index is 4.49. The highest BCUT2D eigenvalue weighted by atomic mass is 127. The Labute approximate surface area is 177 Å². The first-order valence-electron chi connectivity index (χ1n) is 9.12. The van der Waals surface area contributed by atoms with Gasteiger partial charge < -0.3 is 10.2 Å². The first-order chi connectivity index (χ1) is 12.8. The molecule has 0 amide bonds. The van der Waals surface area contributed by atoms with Crippen LogP contribution < -0.4 is 5.32 Å². The van der Waals surface area contributed by atoms with Crippen LogP contribution in [0.2, 0.25) is 0 Å². The number of likely N-dealkylation sites (tertiary alicyclic amines) is 1. The molecule has 0 aliphatic carbocycles. The molecule has 3 heterocycles. The van der Waals surface area contributed by atoms with Gasteiger partial charge in [0, 0.05) is 45.8 Å². The van der Waals surface area contributed by atoms with Crippen molar-refractivity contribution in [3.8, 4) is 5.69 Å². The topological polar surface area (TPSA) is 61.6 Å². The predicted molar refractivity (Wildman–Crippen MR) is 118 cm³/mol. The van der Waals surface area contributed by atoms with E-state index in [1.807, 2.05) is 19.2 Å². The summed E-state index contributed by atoms with van der Waals surface area (Å²) < 4.78 is 1.77. The molecule has 8 heteroatoms. The average Bonchev–Trinajstić information content (AvgIpc) is 3.43. The van der Waals surface area contributed by atoms with Gasteiger partial charge in [-0.15, -0.1) is 24.0 Å². The van der Waals surface area contributed by atoms with E-state index < -0.39 is 0 Å². The summed E-state index contributed by atoms with van der Waals surface area (Å²) in [6.45, 7) is 5.00. The van der Waals surface area contributed by atoms with Crippen molar-refractivity contribution >= 4 is 29.9 Å². The van der Waals surface area contributed by atoms with Crippen LogP contribution in [0.3, 0.4) is 0 Å². The lowest BCUT2D eigenvalue weighted by Gasteiger charge is -2.25. The number of nitrogens with zero attached hydrogens (tertiary/aromatic N) is 6. The monoisotopic (exact) mass is 479 g/mol. The number of hydrogen-bond acceptors (Lipinski definition) is 4. The molecule has 1 fully saturated rings. The number of rotatable bonds is 4. The highest BCUT2D eigenvalue weighted by molar-refractivity contribution is 14.0. The highest BCUT2D eigenvalue weighted by Gasteiger charge is 2.29. The van der Waals surface area contributed by atoms with E-state index in [-0.39, 0.29) is 24.0 Å². The minimum absolute atomic E-state index is 0. The van der Waals surface area contributed by atoms with Gasteiger partial charge in [-0.05, 0) is 24.1 Å². The summed E-state index contributed by atoms with van der Waals surface area (Å²) in [7, 11) is 1.86. The van der Waals surface area contributed by atoms with Crippen LogP contribution >= 0.6 is 24.0 Å². The number of aromatic nitrogens is 3. The van der Waals surface area contributed by atoms with Gasteiger partial charge in [0.05, 0.1) is 5.69 Å². The molecule has 1 N–H and O–H groups in total. The minimum atomic E-state index is 0. The third-order valence-electron chi connectivity index (χ3n) is 5.08. The first kappa shape index (κ1) is 19.8. The van der Waals surface area contributed by atoms with Gasteiger partial charge in [0.25, 0.3) is 0 Å². The van der Waals surface area contributed by atoms with Crippen molar-refractivity contribution in [1.29, 1.82) is 0 Å². The van der Waals surface area contributed by atoms with Crippen molar-refractivity contribution in [1.82, 2.24) is 29.9 Å². The largest absolute Gasteiger partial charge is 0.352 e. The van der Waals surface area contributed by atoms with Crippen LogP contribution in [0.15, 0.2) is 54.1 Å². The average molecular weight is 479 g/mol. The Hall–Kier alpha value is -1.94. The molecule has 144 valence electrons. The molecule has 1 unspecified atom stereocenters. The van der Waals surface area contributed by atoms with E-state index in [1.54, 1.807) is 17.3 Å². The Morgan fingerprint density at radius 2 is 2.15 bits per heavy atom. The Morgan fingerprint density at radius 3 is 2.89 bits per heavy atom. The Balaban J connectivity index is 0.00000210. The summed E-state index contributed by atoms with van der Waals surface area (Å²) in [6, 6.07) is 8.94. The van der Waals surface area contributed by atoms with E-state index in [2.05, 4.69) is 54.5 Å².